The Labute approximate surface area is 164 Å². The van der Waals surface area contributed by atoms with Gasteiger partial charge in [-0.15, -0.1) is 0 Å². The Hall–Kier alpha value is -2.65. The second kappa shape index (κ2) is 8.15. The molecule has 1 aromatic carbocycles. The van der Waals surface area contributed by atoms with Gasteiger partial charge in [-0.05, 0) is 51.0 Å². The minimum atomic E-state index is -3.65. The molecule has 152 valence electrons. The van der Waals surface area contributed by atoms with Crippen molar-refractivity contribution < 1.29 is 22.7 Å². The van der Waals surface area contributed by atoms with Crippen LogP contribution in [0.4, 0.5) is 5.69 Å². The fraction of sp³-hybridized carbons (Fsp3) is 0.368. The molecule has 2 rings (SSSR count). The highest BCUT2D eigenvalue weighted by atomic mass is 32.2. The number of nitrogens with one attached hydrogen (secondary N) is 2. The highest BCUT2D eigenvalue weighted by Gasteiger charge is 2.24. The van der Waals surface area contributed by atoms with E-state index < -0.39 is 21.9 Å². The average Bonchev–Trinajstić information content (AvgIpc) is 2.91. The first-order valence-corrected chi connectivity index (χ1v) is 10.2. The molecule has 0 atom stereocenters. The molecule has 0 fully saturated rings. The molecule has 0 aliphatic heterocycles. The zero-order chi connectivity index (χ0) is 21.2. The lowest BCUT2D eigenvalue weighted by atomic mass is 10.1. The standard InChI is InChI=1S/C19H25N3O5S/c1-7-27-19(24)16-12(3)17(20-13(16)4)18(23)21-14-9-8-11(2)15(10-14)28(25,26)22(5)6/h8-10,20H,7H2,1-6H3,(H,21,23). The monoisotopic (exact) mass is 407 g/mol. The van der Waals surface area contributed by atoms with E-state index in [1.165, 1.54) is 20.2 Å². The first kappa shape index (κ1) is 21.6. The SMILES string of the molecule is CCOC(=O)c1c(C)[nH]c(C(=O)Nc2ccc(C)c(S(=O)(=O)N(C)C)c2)c1C. The number of carbonyl (C=O) groups is 2. The van der Waals surface area contributed by atoms with Crippen LogP contribution in [0.1, 0.15) is 44.6 Å². The van der Waals surface area contributed by atoms with Crippen molar-refractivity contribution in [1.29, 1.82) is 0 Å². The molecule has 2 aromatic rings. The van der Waals surface area contributed by atoms with Crippen molar-refractivity contribution in [1.82, 2.24) is 9.29 Å². The minimum absolute atomic E-state index is 0.113. The molecule has 0 saturated carbocycles. The normalized spacial score (nSPS) is 11.5. The Morgan fingerprint density at radius 3 is 2.39 bits per heavy atom. The zero-order valence-corrected chi connectivity index (χ0v) is 17.7. The quantitative estimate of drug-likeness (QED) is 0.716. The van der Waals surface area contributed by atoms with Gasteiger partial charge in [-0.1, -0.05) is 6.07 Å². The number of carbonyl (C=O) groups excluding carboxylic acids is 2. The Kier molecular flexibility index (Phi) is 6.30. The average molecular weight is 407 g/mol. The molecule has 0 bridgehead atoms. The van der Waals surface area contributed by atoms with Gasteiger partial charge in [0, 0.05) is 25.5 Å². The predicted molar refractivity (Wildman–Crippen MR) is 106 cm³/mol. The largest absolute Gasteiger partial charge is 0.462 e. The lowest BCUT2D eigenvalue weighted by molar-refractivity contribution is 0.0525. The van der Waals surface area contributed by atoms with Gasteiger partial charge in [0.2, 0.25) is 10.0 Å². The first-order valence-electron chi connectivity index (χ1n) is 8.71. The molecule has 2 N–H and O–H groups in total. The summed E-state index contributed by atoms with van der Waals surface area (Å²) in [6.07, 6.45) is 0. The van der Waals surface area contributed by atoms with E-state index in [0.29, 0.717) is 28.1 Å². The molecular weight excluding hydrogens is 382 g/mol. The third-order valence-corrected chi connectivity index (χ3v) is 6.31. The lowest BCUT2D eigenvalue weighted by Crippen LogP contribution is -2.23. The van der Waals surface area contributed by atoms with Crippen molar-refractivity contribution in [3.8, 4) is 0 Å². The Bertz CT molecular complexity index is 1020. The number of rotatable bonds is 6. The molecule has 1 heterocycles. The summed E-state index contributed by atoms with van der Waals surface area (Å²) < 4.78 is 31.1. The number of H-pyrrole nitrogens is 1. The van der Waals surface area contributed by atoms with Crippen molar-refractivity contribution in [2.45, 2.75) is 32.6 Å². The van der Waals surface area contributed by atoms with E-state index in [1.54, 1.807) is 39.8 Å². The minimum Gasteiger partial charge on any atom is -0.462 e. The molecule has 9 heteroatoms. The third-order valence-electron chi connectivity index (χ3n) is 4.35. The highest BCUT2D eigenvalue weighted by Crippen LogP contribution is 2.24. The van der Waals surface area contributed by atoms with Crippen LogP contribution in [0, 0.1) is 20.8 Å². The van der Waals surface area contributed by atoms with Crippen LogP contribution in [0.5, 0.6) is 0 Å². The van der Waals surface area contributed by atoms with Crippen molar-refractivity contribution in [3.05, 3.63) is 46.3 Å². The second-order valence-corrected chi connectivity index (χ2v) is 8.69. The maximum Gasteiger partial charge on any atom is 0.340 e. The molecule has 0 aliphatic rings. The van der Waals surface area contributed by atoms with Gasteiger partial charge in [-0.25, -0.2) is 17.5 Å². The van der Waals surface area contributed by atoms with Gasteiger partial charge in [0.25, 0.3) is 5.91 Å². The third kappa shape index (κ3) is 4.10. The molecule has 0 unspecified atom stereocenters. The van der Waals surface area contributed by atoms with E-state index in [9.17, 15) is 18.0 Å². The number of nitrogens with zero attached hydrogens (tertiary/aromatic N) is 1. The van der Waals surface area contributed by atoms with Gasteiger partial charge in [0.1, 0.15) is 5.69 Å². The number of sulfonamides is 1. The van der Waals surface area contributed by atoms with E-state index >= 15 is 0 Å². The van der Waals surface area contributed by atoms with E-state index in [-0.39, 0.29) is 17.2 Å². The fourth-order valence-electron chi connectivity index (χ4n) is 2.83. The number of anilines is 1. The van der Waals surface area contributed by atoms with Crippen molar-refractivity contribution in [3.63, 3.8) is 0 Å². The summed E-state index contributed by atoms with van der Waals surface area (Å²) in [5.41, 5.74) is 2.45. The zero-order valence-electron chi connectivity index (χ0n) is 16.8. The molecule has 1 aromatic heterocycles. The Balaban J connectivity index is 2.37. The maximum absolute atomic E-state index is 12.7. The molecule has 0 saturated heterocycles. The van der Waals surface area contributed by atoms with Gasteiger partial charge < -0.3 is 15.0 Å². The summed E-state index contributed by atoms with van der Waals surface area (Å²) in [6.45, 7) is 6.97. The molecule has 28 heavy (non-hydrogen) atoms. The van der Waals surface area contributed by atoms with Crippen molar-refractivity contribution in [2.24, 2.45) is 0 Å². The summed E-state index contributed by atoms with van der Waals surface area (Å²) in [4.78, 5) is 27.8. The fourth-order valence-corrected chi connectivity index (χ4v) is 3.98. The van der Waals surface area contributed by atoms with Gasteiger partial charge in [0.15, 0.2) is 0 Å². The molecule has 0 radical (unpaired) electrons. The molecule has 8 nitrogen and oxygen atoms in total. The van der Waals surface area contributed by atoms with Crippen LogP contribution >= 0.6 is 0 Å². The number of esters is 1. The Morgan fingerprint density at radius 2 is 1.82 bits per heavy atom. The first-order chi connectivity index (χ1) is 13.0. The number of hydrogen-bond donors (Lipinski definition) is 2. The van der Waals surface area contributed by atoms with Crippen LogP contribution in [0.15, 0.2) is 23.1 Å². The number of aromatic nitrogens is 1. The summed E-state index contributed by atoms with van der Waals surface area (Å²) >= 11 is 0. The van der Waals surface area contributed by atoms with Crippen LogP contribution in [0.2, 0.25) is 0 Å². The lowest BCUT2D eigenvalue weighted by Gasteiger charge is -2.15. The van der Waals surface area contributed by atoms with E-state index in [1.807, 2.05) is 0 Å². The highest BCUT2D eigenvalue weighted by molar-refractivity contribution is 7.89. The summed E-state index contributed by atoms with van der Waals surface area (Å²) in [7, 11) is -0.753. The predicted octanol–water partition coefficient (Wildman–Crippen LogP) is 2.62. The molecular formula is C19H25N3O5S. The van der Waals surface area contributed by atoms with Crippen molar-refractivity contribution in [2.75, 3.05) is 26.0 Å². The van der Waals surface area contributed by atoms with Crippen LogP contribution in [0.25, 0.3) is 0 Å². The van der Waals surface area contributed by atoms with Crippen LogP contribution in [0.3, 0.4) is 0 Å². The summed E-state index contributed by atoms with van der Waals surface area (Å²) in [5, 5.41) is 2.68. The molecule has 0 aliphatic carbocycles. The van der Waals surface area contributed by atoms with E-state index in [4.69, 9.17) is 4.74 Å². The number of ether oxygens (including phenoxy) is 1. The number of benzene rings is 1. The number of amides is 1. The smallest absolute Gasteiger partial charge is 0.340 e. The number of aryl methyl sites for hydroxylation is 2. The molecule has 1 amide bonds. The van der Waals surface area contributed by atoms with E-state index in [0.717, 1.165) is 4.31 Å². The number of aromatic amines is 1. The van der Waals surface area contributed by atoms with Crippen LogP contribution in [-0.2, 0) is 14.8 Å². The maximum atomic E-state index is 12.7. The van der Waals surface area contributed by atoms with Gasteiger partial charge in [-0.2, -0.15) is 0 Å². The van der Waals surface area contributed by atoms with E-state index in [2.05, 4.69) is 10.3 Å². The van der Waals surface area contributed by atoms with Crippen LogP contribution in [-0.4, -0.2) is 50.3 Å². The topological polar surface area (TPSA) is 109 Å². The van der Waals surface area contributed by atoms with Gasteiger partial charge >= 0.3 is 5.97 Å². The van der Waals surface area contributed by atoms with Crippen LogP contribution < -0.4 is 5.32 Å². The van der Waals surface area contributed by atoms with Gasteiger partial charge in [-0.3, -0.25) is 4.79 Å². The molecule has 0 spiro atoms. The summed E-state index contributed by atoms with van der Waals surface area (Å²) in [5.74, 6) is -0.976. The Morgan fingerprint density at radius 1 is 1.18 bits per heavy atom. The van der Waals surface area contributed by atoms with Gasteiger partial charge in [0.05, 0.1) is 17.1 Å². The summed E-state index contributed by atoms with van der Waals surface area (Å²) in [6, 6.07) is 4.67. The second-order valence-electron chi connectivity index (χ2n) is 6.57. The van der Waals surface area contributed by atoms with Crippen molar-refractivity contribution >= 4 is 27.6 Å². The number of hydrogen-bond acceptors (Lipinski definition) is 5.